The fraction of sp³-hybridized carbons (Fsp3) is 0.258. The molecule has 0 radical (unpaired) electrons. The van der Waals surface area contributed by atoms with Crippen molar-refractivity contribution in [1.82, 2.24) is 16.0 Å². The molecule has 0 aliphatic heterocycles. The smallest absolute Gasteiger partial charge is 0.481 e. The Morgan fingerprint density at radius 3 is 1.81 bits per heavy atom. The maximum absolute atomic E-state index is 13.1. The second-order valence-electron chi connectivity index (χ2n) is 10.4. The van der Waals surface area contributed by atoms with E-state index in [0.29, 0.717) is 36.6 Å². The van der Waals surface area contributed by atoms with Gasteiger partial charge in [-0.1, -0.05) is 25.1 Å². The zero-order valence-corrected chi connectivity index (χ0v) is 28.2. The number of carboxylic acid groups (broad SMARTS) is 2. The summed E-state index contributed by atoms with van der Waals surface area (Å²) in [5.74, 6) is -3.95. The quantitative estimate of drug-likeness (QED) is 0.113. The van der Waals surface area contributed by atoms with Crippen molar-refractivity contribution in [2.75, 3.05) is 40.3 Å². The molecule has 282 valence electrons. The molecule has 21 heteroatoms. The van der Waals surface area contributed by atoms with Crippen molar-refractivity contribution in [3.63, 3.8) is 0 Å². The normalized spacial score (nSPS) is 11.4. The van der Waals surface area contributed by atoms with Crippen LogP contribution in [0.1, 0.15) is 31.4 Å². The van der Waals surface area contributed by atoms with E-state index in [4.69, 9.17) is 15.6 Å². The van der Waals surface area contributed by atoms with Crippen LogP contribution in [0.4, 0.5) is 50.3 Å². The molecule has 3 rings (SSSR count). The fourth-order valence-electron chi connectivity index (χ4n) is 3.94. The number of sulfonamides is 1. The summed E-state index contributed by atoms with van der Waals surface area (Å²) in [7, 11) is -4.11. The van der Waals surface area contributed by atoms with Gasteiger partial charge in [0.1, 0.15) is 0 Å². The number of aliphatic carboxylic acids is 2. The van der Waals surface area contributed by atoms with Gasteiger partial charge in [-0.25, -0.2) is 27.6 Å². The third-order valence-electron chi connectivity index (χ3n) is 6.24. The van der Waals surface area contributed by atoms with Gasteiger partial charge in [0, 0.05) is 42.4 Å². The first-order valence-electron chi connectivity index (χ1n) is 15.2. The van der Waals surface area contributed by atoms with Gasteiger partial charge in [0.25, 0.3) is 10.0 Å². The summed E-state index contributed by atoms with van der Waals surface area (Å²) in [5.41, 5.74) is 6.93. The molecule has 0 heterocycles. The summed E-state index contributed by atoms with van der Waals surface area (Å²) in [6.07, 6.45) is -4.83. The van der Waals surface area contributed by atoms with E-state index in [1.165, 1.54) is 36.4 Å². The van der Waals surface area contributed by atoms with Gasteiger partial charge >= 0.3 is 36.2 Å². The lowest BCUT2D eigenvalue weighted by atomic mass is 10.0. The summed E-state index contributed by atoms with van der Waals surface area (Å²) in [6, 6.07) is 15.3. The van der Waals surface area contributed by atoms with Crippen LogP contribution in [-0.2, 0) is 19.6 Å². The molecule has 52 heavy (non-hydrogen) atoms. The number of alkyl halides is 3. The minimum atomic E-state index is -5.08. The molecule has 3 aromatic rings. The van der Waals surface area contributed by atoms with Crippen LogP contribution in [-0.4, -0.2) is 74.5 Å². The van der Waals surface area contributed by atoms with Crippen LogP contribution >= 0.6 is 0 Å². The minimum Gasteiger partial charge on any atom is -0.481 e. The molecule has 0 fully saturated rings. The van der Waals surface area contributed by atoms with Crippen molar-refractivity contribution in [1.29, 1.82) is 0 Å². The Balaban J connectivity index is 0.00000121. The number of halogens is 3. The van der Waals surface area contributed by atoms with Crippen LogP contribution in [0.25, 0.3) is 0 Å². The molecular formula is C31H37F3N8O9S. The number of rotatable bonds is 14. The van der Waals surface area contributed by atoms with E-state index in [1.54, 1.807) is 36.4 Å². The number of anilines is 4. The number of hydrogen-bond acceptors (Lipinski definition) is 8. The van der Waals surface area contributed by atoms with E-state index < -0.39 is 58.7 Å². The summed E-state index contributed by atoms with van der Waals surface area (Å²) in [6.45, 7) is 2.97. The summed E-state index contributed by atoms with van der Waals surface area (Å²) in [5, 5.41) is 32.2. The van der Waals surface area contributed by atoms with Gasteiger partial charge in [-0.05, 0) is 66.6 Å². The first kappa shape index (κ1) is 42.1. The first-order valence-corrected chi connectivity index (χ1v) is 16.6. The topological polar surface area (TPSA) is 270 Å². The zero-order valence-electron chi connectivity index (χ0n) is 27.4. The van der Waals surface area contributed by atoms with Crippen LogP contribution in [0.5, 0.6) is 0 Å². The number of carbonyl (C=O) groups excluding carboxylic acids is 3. The van der Waals surface area contributed by atoms with Crippen molar-refractivity contribution < 1.29 is 55.8 Å². The Labute approximate surface area is 295 Å². The Bertz CT molecular complexity index is 1810. The Kier molecular flexibility index (Phi) is 16.1. The molecule has 0 saturated carbocycles. The Hall–Kier alpha value is -6.09. The highest BCUT2D eigenvalue weighted by atomic mass is 32.2. The number of carboxylic acids is 2. The second-order valence-corrected chi connectivity index (χ2v) is 12.1. The van der Waals surface area contributed by atoms with E-state index in [0.717, 1.165) is 6.42 Å². The molecule has 0 spiro atoms. The van der Waals surface area contributed by atoms with Crippen LogP contribution in [0, 0.1) is 0 Å². The van der Waals surface area contributed by atoms with Crippen LogP contribution < -0.4 is 42.4 Å². The molecule has 0 aromatic heterocycles. The molecule has 0 unspecified atom stereocenters. The van der Waals surface area contributed by atoms with Gasteiger partial charge in [0.2, 0.25) is 0 Å². The molecule has 6 amide bonds. The number of nitrogens with one attached hydrogen (secondary N) is 7. The Morgan fingerprint density at radius 2 is 1.27 bits per heavy atom. The highest BCUT2D eigenvalue weighted by Crippen LogP contribution is 2.24. The van der Waals surface area contributed by atoms with Gasteiger partial charge in [0.05, 0.1) is 17.4 Å². The van der Waals surface area contributed by atoms with E-state index in [9.17, 15) is 45.9 Å². The number of urea groups is 3. The summed E-state index contributed by atoms with van der Waals surface area (Å²) < 4.78 is 60.5. The number of amides is 6. The second kappa shape index (κ2) is 19.9. The lowest BCUT2D eigenvalue weighted by Gasteiger charge is -2.19. The molecule has 0 bridgehead atoms. The highest BCUT2D eigenvalue weighted by molar-refractivity contribution is 7.92. The summed E-state index contributed by atoms with van der Waals surface area (Å²) >= 11 is 0. The molecule has 0 saturated heterocycles. The lowest BCUT2D eigenvalue weighted by Crippen LogP contribution is -2.34. The van der Waals surface area contributed by atoms with E-state index in [2.05, 4.69) is 36.6 Å². The third-order valence-corrected chi connectivity index (χ3v) is 7.62. The minimum absolute atomic E-state index is 0.113. The molecule has 17 nitrogen and oxygen atoms in total. The number of hydrogen-bond donors (Lipinski definition) is 10. The average Bonchev–Trinajstić information content (AvgIpc) is 3.06. The monoisotopic (exact) mass is 754 g/mol. The molecule has 1 atom stereocenters. The highest BCUT2D eigenvalue weighted by Gasteiger charge is 2.38. The van der Waals surface area contributed by atoms with E-state index in [-0.39, 0.29) is 16.3 Å². The van der Waals surface area contributed by atoms with Crippen molar-refractivity contribution in [2.45, 2.75) is 36.9 Å². The van der Waals surface area contributed by atoms with E-state index in [1.807, 2.05) is 6.92 Å². The SMILES string of the molecule is CCCNC(=O)Nc1cccc(S(=O)(=O)Nc2cccc([C@@H](CC(=O)O)NC(=O)Nc3ccc(NC(=O)NCCN)cc3)c2)c1.O=C(O)C(F)(F)F. The van der Waals surface area contributed by atoms with Crippen LogP contribution in [0.3, 0.4) is 0 Å². The lowest BCUT2D eigenvalue weighted by molar-refractivity contribution is -0.192. The maximum atomic E-state index is 13.1. The van der Waals surface area contributed by atoms with Crippen molar-refractivity contribution in [3.05, 3.63) is 78.4 Å². The number of carbonyl (C=O) groups is 5. The molecular weight excluding hydrogens is 717 g/mol. The van der Waals surface area contributed by atoms with Gasteiger partial charge in [0.15, 0.2) is 0 Å². The Morgan fingerprint density at radius 1 is 0.750 bits per heavy atom. The predicted octanol–water partition coefficient (Wildman–Crippen LogP) is 4.07. The van der Waals surface area contributed by atoms with Gasteiger partial charge in [-0.2, -0.15) is 13.2 Å². The first-order chi connectivity index (χ1) is 24.4. The summed E-state index contributed by atoms with van der Waals surface area (Å²) in [4.78, 5) is 56.9. The van der Waals surface area contributed by atoms with Crippen LogP contribution in [0.15, 0.2) is 77.7 Å². The van der Waals surface area contributed by atoms with Crippen molar-refractivity contribution in [3.8, 4) is 0 Å². The largest absolute Gasteiger partial charge is 0.490 e. The third kappa shape index (κ3) is 15.2. The molecule has 0 aliphatic rings. The van der Waals surface area contributed by atoms with Crippen molar-refractivity contribution >= 4 is 62.8 Å². The maximum Gasteiger partial charge on any atom is 0.490 e. The van der Waals surface area contributed by atoms with Crippen molar-refractivity contribution in [2.24, 2.45) is 5.73 Å². The predicted molar refractivity (Wildman–Crippen MR) is 184 cm³/mol. The van der Waals surface area contributed by atoms with Crippen LogP contribution in [0.2, 0.25) is 0 Å². The van der Waals surface area contributed by atoms with Gasteiger partial charge < -0.3 is 47.8 Å². The standard InChI is InChI=1S/C29H36N8O7S.C2HF3O2/c1-2-14-31-27(40)35-22-6-4-8-24(17-22)45(43,44)37-23-7-3-5-19(16-23)25(18-26(38)39)36-29(42)34-21-11-9-20(10-12-21)33-28(41)32-15-13-30;3-2(4,5)1(6)7/h3-12,16-17,25,37H,2,13-15,18,30H2,1H3,(H,38,39)(H2,31,35,40)(H2,32,33,41)(H2,34,36,42);(H,6,7)/t25-;/m1./s1. The molecule has 0 aliphatic carbocycles. The van der Waals surface area contributed by atoms with Gasteiger partial charge in [-0.3, -0.25) is 9.52 Å². The molecule has 3 aromatic carbocycles. The number of nitrogens with two attached hydrogens (primary N) is 1. The molecule has 11 N–H and O–H groups in total. The zero-order chi connectivity index (χ0) is 38.9. The van der Waals surface area contributed by atoms with Gasteiger partial charge in [-0.15, -0.1) is 0 Å². The van der Waals surface area contributed by atoms with E-state index >= 15 is 0 Å². The number of benzene rings is 3. The fourth-order valence-corrected chi connectivity index (χ4v) is 5.03. The average molecular weight is 755 g/mol.